The van der Waals surface area contributed by atoms with Crippen molar-refractivity contribution in [3.8, 4) is 0 Å². The smallest absolute Gasteiger partial charge is 0.248 e. The number of hydrogen-bond acceptors (Lipinski definition) is 3. The van der Waals surface area contributed by atoms with Gasteiger partial charge >= 0.3 is 0 Å². The van der Waals surface area contributed by atoms with E-state index in [0.29, 0.717) is 16.3 Å². The zero-order valence-corrected chi connectivity index (χ0v) is 15.5. The van der Waals surface area contributed by atoms with Gasteiger partial charge in [0, 0.05) is 10.7 Å². The lowest BCUT2D eigenvalue weighted by molar-refractivity contribution is -0.116. The Morgan fingerprint density at radius 3 is 2.36 bits per heavy atom. The van der Waals surface area contributed by atoms with E-state index in [1.807, 2.05) is 0 Å². The number of amides is 1. The summed E-state index contributed by atoms with van der Waals surface area (Å²) >= 11 is 6.03. The minimum atomic E-state index is -3.76. The molecular formula is C17H18ClFN2O3S. The van der Waals surface area contributed by atoms with Gasteiger partial charge in [0.15, 0.2) is 0 Å². The summed E-state index contributed by atoms with van der Waals surface area (Å²) in [7, 11) is -3.76. The summed E-state index contributed by atoms with van der Waals surface area (Å²) < 4.78 is 38.4. The molecular weight excluding hydrogens is 367 g/mol. The first-order valence-corrected chi connectivity index (χ1v) is 9.65. The normalized spacial score (nSPS) is 12.5. The molecule has 1 atom stereocenters. The van der Waals surface area contributed by atoms with Gasteiger partial charge in [-0.1, -0.05) is 17.7 Å². The van der Waals surface area contributed by atoms with Crippen molar-refractivity contribution < 1.29 is 17.6 Å². The lowest BCUT2D eigenvalue weighted by atomic mass is 10.2. The van der Waals surface area contributed by atoms with Crippen molar-refractivity contribution in [3.05, 3.63) is 58.9 Å². The Kier molecular flexibility index (Phi) is 5.69. The molecule has 0 aliphatic heterocycles. The average Bonchev–Trinajstić information content (AvgIpc) is 2.52. The Bertz CT molecular complexity index is 885. The summed E-state index contributed by atoms with van der Waals surface area (Å²) in [5.41, 5.74) is 1.38. The van der Waals surface area contributed by atoms with Crippen molar-refractivity contribution in [2.24, 2.45) is 0 Å². The van der Waals surface area contributed by atoms with Gasteiger partial charge in [-0.15, -0.1) is 0 Å². The number of carbonyl (C=O) groups is 1. The molecule has 0 saturated carbocycles. The highest BCUT2D eigenvalue weighted by Gasteiger charge is 2.29. The molecule has 5 nitrogen and oxygen atoms in total. The van der Waals surface area contributed by atoms with Crippen molar-refractivity contribution in [1.29, 1.82) is 0 Å². The van der Waals surface area contributed by atoms with Crippen molar-refractivity contribution in [2.45, 2.75) is 19.9 Å². The topological polar surface area (TPSA) is 66.5 Å². The molecule has 2 aromatic carbocycles. The van der Waals surface area contributed by atoms with Crippen molar-refractivity contribution in [2.75, 3.05) is 15.9 Å². The standard InChI is InChI=1S/C17H18ClFN2O3S/c1-11-15(18)5-4-6-16(11)20-17(22)12(2)21(25(3,23)24)14-9-7-13(19)8-10-14/h4-10,12H,1-3H3,(H,20,22)/t12-/m1/s1. The van der Waals surface area contributed by atoms with Gasteiger partial charge in [0.2, 0.25) is 15.9 Å². The van der Waals surface area contributed by atoms with Gasteiger partial charge in [0.25, 0.3) is 0 Å². The van der Waals surface area contributed by atoms with Crippen LogP contribution in [0.4, 0.5) is 15.8 Å². The molecule has 134 valence electrons. The highest BCUT2D eigenvalue weighted by Crippen LogP contribution is 2.25. The summed E-state index contributed by atoms with van der Waals surface area (Å²) in [4.78, 5) is 12.6. The minimum Gasteiger partial charge on any atom is -0.324 e. The predicted octanol–water partition coefficient (Wildman–Crippen LogP) is 3.58. The van der Waals surface area contributed by atoms with E-state index in [-0.39, 0.29) is 5.69 Å². The van der Waals surface area contributed by atoms with Gasteiger partial charge in [-0.25, -0.2) is 12.8 Å². The lowest BCUT2D eigenvalue weighted by Gasteiger charge is -2.28. The number of halogens is 2. The summed E-state index contributed by atoms with van der Waals surface area (Å²) in [5, 5.41) is 3.17. The number of nitrogens with zero attached hydrogens (tertiary/aromatic N) is 1. The summed E-state index contributed by atoms with van der Waals surface area (Å²) in [5.74, 6) is -1.02. The third-order valence-electron chi connectivity index (χ3n) is 3.70. The van der Waals surface area contributed by atoms with Crippen LogP contribution >= 0.6 is 11.6 Å². The van der Waals surface area contributed by atoms with Crippen LogP contribution in [0.15, 0.2) is 42.5 Å². The third-order valence-corrected chi connectivity index (χ3v) is 5.35. The maximum absolute atomic E-state index is 13.1. The van der Waals surface area contributed by atoms with Gasteiger partial charge in [0.05, 0.1) is 11.9 Å². The molecule has 1 amide bonds. The molecule has 0 spiro atoms. The second-order valence-corrected chi connectivity index (χ2v) is 7.88. The summed E-state index contributed by atoms with van der Waals surface area (Å²) in [6.07, 6.45) is 0.991. The minimum absolute atomic E-state index is 0.203. The monoisotopic (exact) mass is 384 g/mol. The van der Waals surface area contributed by atoms with Crippen LogP contribution in [0.25, 0.3) is 0 Å². The maximum atomic E-state index is 13.1. The molecule has 0 fully saturated rings. The van der Waals surface area contributed by atoms with Gasteiger partial charge in [-0.2, -0.15) is 0 Å². The molecule has 0 aliphatic carbocycles. The van der Waals surface area contributed by atoms with E-state index in [1.54, 1.807) is 25.1 Å². The van der Waals surface area contributed by atoms with Crippen LogP contribution in [0.5, 0.6) is 0 Å². The van der Waals surface area contributed by atoms with E-state index in [0.717, 1.165) is 22.7 Å². The molecule has 8 heteroatoms. The number of carbonyl (C=O) groups excluding carboxylic acids is 1. The fourth-order valence-electron chi connectivity index (χ4n) is 2.38. The van der Waals surface area contributed by atoms with Crippen LogP contribution in [0.3, 0.4) is 0 Å². The molecule has 0 aromatic heterocycles. The summed E-state index contributed by atoms with van der Waals surface area (Å²) in [6, 6.07) is 8.91. The third kappa shape index (κ3) is 4.49. The largest absolute Gasteiger partial charge is 0.324 e. The van der Waals surface area contributed by atoms with Crippen LogP contribution in [-0.2, 0) is 14.8 Å². The Balaban J connectivity index is 2.33. The number of sulfonamides is 1. The molecule has 1 N–H and O–H groups in total. The van der Waals surface area contributed by atoms with Crippen LogP contribution in [0, 0.1) is 12.7 Å². The molecule has 0 saturated heterocycles. The highest BCUT2D eigenvalue weighted by atomic mass is 35.5. The Morgan fingerprint density at radius 1 is 1.20 bits per heavy atom. The number of nitrogens with one attached hydrogen (secondary N) is 1. The molecule has 0 heterocycles. The van der Waals surface area contributed by atoms with E-state index in [2.05, 4.69) is 5.32 Å². The molecule has 0 bridgehead atoms. The quantitative estimate of drug-likeness (QED) is 0.856. The first-order chi connectivity index (χ1) is 11.6. The number of hydrogen-bond donors (Lipinski definition) is 1. The van der Waals surface area contributed by atoms with E-state index in [1.165, 1.54) is 19.1 Å². The van der Waals surface area contributed by atoms with Crippen molar-refractivity contribution in [3.63, 3.8) is 0 Å². The molecule has 0 radical (unpaired) electrons. The average molecular weight is 385 g/mol. The number of benzene rings is 2. The molecule has 25 heavy (non-hydrogen) atoms. The van der Waals surface area contributed by atoms with Crippen LogP contribution < -0.4 is 9.62 Å². The van der Waals surface area contributed by atoms with Crippen molar-refractivity contribution in [1.82, 2.24) is 0 Å². The zero-order chi connectivity index (χ0) is 18.8. The van der Waals surface area contributed by atoms with Crippen LogP contribution in [-0.4, -0.2) is 26.6 Å². The van der Waals surface area contributed by atoms with E-state index in [4.69, 9.17) is 11.6 Å². The zero-order valence-electron chi connectivity index (χ0n) is 14.0. The second-order valence-electron chi connectivity index (χ2n) is 5.61. The molecule has 0 unspecified atom stereocenters. The SMILES string of the molecule is Cc1c(Cl)cccc1NC(=O)[C@@H](C)N(c1ccc(F)cc1)S(C)(=O)=O. The van der Waals surface area contributed by atoms with Gasteiger partial charge in [-0.3, -0.25) is 9.10 Å². The number of anilines is 2. The fourth-order valence-corrected chi connectivity index (χ4v) is 3.73. The van der Waals surface area contributed by atoms with Crippen LogP contribution in [0.2, 0.25) is 5.02 Å². The van der Waals surface area contributed by atoms with Gasteiger partial charge in [-0.05, 0) is 55.8 Å². The number of rotatable bonds is 5. The van der Waals surface area contributed by atoms with E-state index in [9.17, 15) is 17.6 Å². The van der Waals surface area contributed by atoms with Gasteiger partial charge < -0.3 is 5.32 Å². The Hall–Kier alpha value is -2.12. The van der Waals surface area contributed by atoms with E-state index >= 15 is 0 Å². The van der Waals surface area contributed by atoms with E-state index < -0.39 is 27.8 Å². The first kappa shape index (κ1) is 19.2. The fraction of sp³-hybridized carbons (Fsp3) is 0.235. The van der Waals surface area contributed by atoms with Gasteiger partial charge in [0.1, 0.15) is 11.9 Å². The highest BCUT2D eigenvalue weighted by molar-refractivity contribution is 7.92. The molecule has 2 aromatic rings. The first-order valence-electron chi connectivity index (χ1n) is 7.42. The predicted molar refractivity (Wildman–Crippen MR) is 98.0 cm³/mol. The molecule has 2 rings (SSSR count). The van der Waals surface area contributed by atoms with Crippen molar-refractivity contribution >= 4 is 38.9 Å². The Labute approximate surface area is 151 Å². The van der Waals surface area contributed by atoms with Crippen LogP contribution in [0.1, 0.15) is 12.5 Å². The lowest BCUT2D eigenvalue weighted by Crippen LogP contribution is -2.45. The maximum Gasteiger partial charge on any atom is 0.248 e. The second kappa shape index (κ2) is 7.41. The Morgan fingerprint density at radius 2 is 1.80 bits per heavy atom. The summed E-state index contributed by atoms with van der Waals surface area (Å²) in [6.45, 7) is 3.20. The molecule has 0 aliphatic rings.